The lowest BCUT2D eigenvalue weighted by atomic mass is 10.1. The minimum Gasteiger partial charge on any atom is -0.346 e. The average molecular weight is 346 g/mol. The molecule has 1 atom stereocenters. The molecule has 0 saturated carbocycles. The van der Waals surface area contributed by atoms with Crippen LogP contribution in [0.1, 0.15) is 34.5 Å². The second-order valence-corrected chi connectivity index (χ2v) is 7.90. The van der Waals surface area contributed by atoms with Crippen molar-refractivity contribution in [3.05, 3.63) is 65.2 Å². The zero-order valence-electron chi connectivity index (χ0n) is 14.3. The summed E-state index contributed by atoms with van der Waals surface area (Å²) in [5, 5.41) is 2.93. The van der Waals surface area contributed by atoms with Gasteiger partial charge in [-0.25, -0.2) is 8.42 Å². The van der Waals surface area contributed by atoms with Gasteiger partial charge in [0.05, 0.1) is 18.0 Å². The van der Waals surface area contributed by atoms with E-state index in [1.807, 2.05) is 38.1 Å². The number of benzene rings is 2. The Bertz CT molecular complexity index is 830. The van der Waals surface area contributed by atoms with Crippen LogP contribution in [-0.2, 0) is 10.0 Å². The first kappa shape index (κ1) is 18.0. The Labute approximate surface area is 143 Å². The Hall–Kier alpha value is -2.34. The fraction of sp³-hybridized carbons (Fsp3) is 0.278. The van der Waals surface area contributed by atoms with E-state index in [0.29, 0.717) is 11.3 Å². The SMILES string of the molecule is Cc1ccc([C@H](C)NC(=O)c2cccc(N(C)S(C)(=O)=O)c2)cc1. The molecule has 0 unspecified atom stereocenters. The van der Waals surface area contributed by atoms with Crippen molar-refractivity contribution in [2.45, 2.75) is 19.9 Å². The summed E-state index contributed by atoms with van der Waals surface area (Å²) in [6.07, 6.45) is 1.12. The third-order valence-electron chi connectivity index (χ3n) is 3.89. The Balaban J connectivity index is 2.16. The van der Waals surface area contributed by atoms with Gasteiger partial charge in [-0.05, 0) is 37.6 Å². The van der Waals surface area contributed by atoms with Crippen LogP contribution in [0, 0.1) is 6.92 Å². The van der Waals surface area contributed by atoms with Gasteiger partial charge in [0, 0.05) is 12.6 Å². The van der Waals surface area contributed by atoms with Gasteiger partial charge in [-0.2, -0.15) is 0 Å². The summed E-state index contributed by atoms with van der Waals surface area (Å²) >= 11 is 0. The number of carbonyl (C=O) groups is 1. The summed E-state index contributed by atoms with van der Waals surface area (Å²) in [7, 11) is -1.91. The quantitative estimate of drug-likeness (QED) is 0.905. The summed E-state index contributed by atoms with van der Waals surface area (Å²) in [5.74, 6) is -0.244. The van der Waals surface area contributed by atoms with Gasteiger partial charge < -0.3 is 5.32 Å². The minimum atomic E-state index is -3.37. The van der Waals surface area contributed by atoms with Gasteiger partial charge in [0.15, 0.2) is 0 Å². The Morgan fingerprint density at radius 3 is 2.33 bits per heavy atom. The summed E-state index contributed by atoms with van der Waals surface area (Å²) in [5.41, 5.74) is 3.04. The molecule has 0 radical (unpaired) electrons. The molecule has 24 heavy (non-hydrogen) atoms. The Morgan fingerprint density at radius 2 is 1.75 bits per heavy atom. The smallest absolute Gasteiger partial charge is 0.251 e. The van der Waals surface area contributed by atoms with Crippen LogP contribution in [0.5, 0.6) is 0 Å². The molecule has 0 aromatic heterocycles. The first-order valence-corrected chi connectivity index (χ1v) is 9.44. The van der Waals surface area contributed by atoms with E-state index in [0.717, 1.165) is 21.7 Å². The molecule has 0 saturated heterocycles. The third-order valence-corrected chi connectivity index (χ3v) is 5.10. The summed E-state index contributed by atoms with van der Waals surface area (Å²) in [6, 6.07) is 14.4. The number of sulfonamides is 1. The summed E-state index contributed by atoms with van der Waals surface area (Å²) < 4.78 is 24.4. The molecule has 0 aliphatic rings. The molecule has 128 valence electrons. The van der Waals surface area contributed by atoms with Gasteiger partial charge in [-0.15, -0.1) is 0 Å². The maximum atomic E-state index is 12.4. The molecule has 0 aliphatic heterocycles. The van der Waals surface area contributed by atoms with Crippen LogP contribution >= 0.6 is 0 Å². The maximum absolute atomic E-state index is 12.4. The van der Waals surface area contributed by atoms with Crippen molar-refractivity contribution >= 4 is 21.6 Å². The van der Waals surface area contributed by atoms with Crippen LogP contribution in [0.4, 0.5) is 5.69 Å². The van der Waals surface area contributed by atoms with E-state index in [-0.39, 0.29) is 11.9 Å². The van der Waals surface area contributed by atoms with Crippen molar-refractivity contribution < 1.29 is 13.2 Å². The van der Waals surface area contributed by atoms with Gasteiger partial charge in [-0.3, -0.25) is 9.10 Å². The van der Waals surface area contributed by atoms with E-state index in [1.54, 1.807) is 24.3 Å². The molecule has 2 aromatic carbocycles. The molecule has 0 aliphatic carbocycles. The highest BCUT2D eigenvalue weighted by Gasteiger charge is 2.15. The molecular formula is C18H22N2O3S. The molecule has 0 spiro atoms. The van der Waals surface area contributed by atoms with Crippen LogP contribution in [0.3, 0.4) is 0 Å². The second-order valence-electron chi connectivity index (χ2n) is 5.89. The van der Waals surface area contributed by atoms with E-state index in [9.17, 15) is 13.2 Å². The van der Waals surface area contributed by atoms with Crippen molar-refractivity contribution in [2.24, 2.45) is 0 Å². The largest absolute Gasteiger partial charge is 0.346 e. The molecule has 0 heterocycles. The van der Waals surface area contributed by atoms with E-state index in [1.165, 1.54) is 7.05 Å². The number of amides is 1. The van der Waals surface area contributed by atoms with Gasteiger partial charge >= 0.3 is 0 Å². The molecule has 2 aromatic rings. The van der Waals surface area contributed by atoms with Crippen molar-refractivity contribution in [2.75, 3.05) is 17.6 Å². The van der Waals surface area contributed by atoms with Crippen LogP contribution in [0.15, 0.2) is 48.5 Å². The molecule has 0 fully saturated rings. The molecule has 1 amide bonds. The highest BCUT2D eigenvalue weighted by Crippen LogP contribution is 2.19. The van der Waals surface area contributed by atoms with Crippen molar-refractivity contribution in [3.63, 3.8) is 0 Å². The number of nitrogens with zero attached hydrogens (tertiary/aromatic N) is 1. The van der Waals surface area contributed by atoms with E-state index in [4.69, 9.17) is 0 Å². The lowest BCUT2D eigenvalue weighted by Gasteiger charge is -2.18. The van der Waals surface area contributed by atoms with Gasteiger partial charge in [0.25, 0.3) is 5.91 Å². The molecule has 5 nitrogen and oxygen atoms in total. The zero-order valence-corrected chi connectivity index (χ0v) is 15.1. The Kier molecular flexibility index (Phi) is 5.29. The van der Waals surface area contributed by atoms with Crippen molar-refractivity contribution in [3.8, 4) is 0 Å². The van der Waals surface area contributed by atoms with Crippen LogP contribution in [0.25, 0.3) is 0 Å². The normalized spacial score (nSPS) is 12.5. The van der Waals surface area contributed by atoms with E-state index >= 15 is 0 Å². The number of rotatable bonds is 5. The molecule has 6 heteroatoms. The average Bonchev–Trinajstić information content (AvgIpc) is 2.54. The van der Waals surface area contributed by atoms with E-state index in [2.05, 4.69) is 5.32 Å². The fourth-order valence-corrected chi connectivity index (χ4v) is 2.75. The molecule has 2 rings (SSSR count). The topological polar surface area (TPSA) is 66.5 Å². The first-order valence-electron chi connectivity index (χ1n) is 7.60. The molecule has 0 bridgehead atoms. The monoisotopic (exact) mass is 346 g/mol. The maximum Gasteiger partial charge on any atom is 0.251 e. The predicted molar refractivity (Wildman–Crippen MR) is 96.7 cm³/mol. The first-order chi connectivity index (χ1) is 11.2. The number of hydrogen-bond donors (Lipinski definition) is 1. The van der Waals surface area contributed by atoms with Crippen molar-refractivity contribution in [1.29, 1.82) is 0 Å². The van der Waals surface area contributed by atoms with Crippen molar-refractivity contribution in [1.82, 2.24) is 5.32 Å². The number of aryl methyl sites for hydroxylation is 1. The lowest BCUT2D eigenvalue weighted by Crippen LogP contribution is -2.28. The van der Waals surface area contributed by atoms with Gasteiger partial charge in [0.2, 0.25) is 10.0 Å². The number of carbonyl (C=O) groups excluding carboxylic acids is 1. The van der Waals surface area contributed by atoms with E-state index < -0.39 is 10.0 Å². The Morgan fingerprint density at radius 1 is 1.12 bits per heavy atom. The van der Waals surface area contributed by atoms with Crippen LogP contribution in [0.2, 0.25) is 0 Å². The highest BCUT2D eigenvalue weighted by atomic mass is 32.2. The molecular weight excluding hydrogens is 324 g/mol. The van der Waals surface area contributed by atoms with Crippen LogP contribution in [-0.4, -0.2) is 27.6 Å². The second kappa shape index (κ2) is 7.05. The fourth-order valence-electron chi connectivity index (χ4n) is 2.25. The predicted octanol–water partition coefficient (Wildman–Crippen LogP) is 2.88. The van der Waals surface area contributed by atoms with Gasteiger partial charge in [0.1, 0.15) is 0 Å². The minimum absolute atomic E-state index is 0.144. The summed E-state index contributed by atoms with van der Waals surface area (Å²) in [6.45, 7) is 3.92. The molecule has 1 N–H and O–H groups in total. The van der Waals surface area contributed by atoms with Crippen LogP contribution < -0.4 is 9.62 Å². The number of hydrogen-bond acceptors (Lipinski definition) is 3. The zero-order chi connectivity index (χ0) is 17.9. The standard InChI is InChI=1S/C18H22N2O3S/c1-13-8-10-15(11-9-13)14(2)19-18(21)16-6-5-7-17(12-16)20(3)24(4,22)23/h5-12,14H,1-4H3,(H,19,21)/t14-/m0/s1. The van der Waals surface area contributed by atoms with Gasteiger partial charge in [-0.1, -0.05) is 35.9 Å². The third kappa shape index (κ3) is 4.35. The highest BCUT2D eigenvalue weighted by molar-refractivity contribution is 7.92. The number of nitrogens with one attached hydrogen (secondary N) is 1. The number of anilines is 1. The lowest BCUT2D eigenvalue weighted by molar-refractivity contribution is 0.0940. The summed E-state index contributed by atoms with van der Waals surface area (Å²) in [4.78, 5) is 12.4.